The largest absolute Gasteiger partial charge is 0.493 e. The van der Waals surface area contributed by atoms with Crippen molar-refractivity contribution in [2.75, 3.05) is 20.3 Å². The van der Waals surface area contributed by atoms with Gasteiger partial charge in [-0.1, -0.05) is 6.07 Å². The second kappa shape index (κ2) is 5.89. The van der Waals surface area contributed by atoms with Gasteiger partial charge in [-0.2, -0.15) is 0 Å². The number of hydrogen-bond donors (Lipinski definition) is 2. The SMILES string of the molecule is COc1cc(CO)ccc1OCC1CCCN1. The molecule has 1 aromatic carbocycles. The number of nitrogens with one attached hydrogen (secondary N) is 1. The first-order valence-electron chi connectivity index (χ1n) is 5.97. The van der Waals surface area contributed by atoms with Gasteiger partial charge in [0, 0.05) is 6.04 Å². The molecule has 0 aliphatic carbocycles. The van der Waals surface area contributed by atoms with Gasteiger partial charge >= 0.3 is 0 Å². The van der Waals surface area contributed by atoms with Crippen LogP contribution in [-0.2, 0) is 6.61 Å². The van der Waals surface area contributed by atoms with Crippen molar-refractivity contribution < 1.29 is 14.6 Å². The maximum atomic E-state index is 9.04. The highest BCUT2D eigenvalue weighted by molar-refractivity contribution is 5.42. The van der Waals surface area contributed by atoms with Crippen molar-refractivity contribution in [2.45, 2.75) is 25.5 Å². The van der Waals surface area contributed by atoms with E-state index >= 15 is 0 Å². The van der Waals surface area contributed by atoms with Gasteiger partial charge in [0.05, 0.1) is 13.7 Å². The maximum Gasteiger partial charge on any atom is 0.161 e. The van der Waals surface area contributed by atoms with Crippen molar-refractivity contribution in [1.29, 1.82) is 0 Å². The summed E-state index contributed by atoms with van der Waals surface area (Å²) in [6.07, 6.45) is 2.38. The third-order valence-corrected chi connectivity index (χ3v) is 3.01. The summed E-state index contributed by atoms with van der Waals surface area (Å²) in [6.45, 7) is 1.75. The van der Waals surface area contributed by atoms with Crippen LogP contribution in [0, 0.1) is 0 Å². The van der Waals surface area contributed by atoms with Crippen LogP contribution >= 0.6 is 0 Å². The minimum atomic E-state index is 0.0147. The van der Waals surface area contributed by atoms with Crippen molar-refractivity contribution in [3.8, 4) is 11.5 Å². The minimum Gasteiger partial charge on any atom is -0.493 e. The van der Waals surface area contributed by atoms with Gasteiger partial charge in [-0.15, -0.1) is 0 Å². The van der Waals surface area contributed by atoms with Crippen LogP contribution < -0.4 is 14.8 Å². The molecule has 1 fully saturated rings. The molecule has 4 heteroatoms. The zero-order valence-corrected chi connectivity index (χ0v) is 10.1. The molecule has 0 spiro atoms. The Morgan fingerprint density at radius 1 is 1.41 bits per heavy atom. The highest BCUT2D eigenvalue weighted by Gasteiger charge is 2.15. The summed E-state index contributed by atoms with van der Waals surface area (Å²) in [7, 11) is 1.61. The molecule has 0 saturated carbocycles. The molecular formula is C13H19NO3. The van der Waals surface area contributed by atoms with Gasteiger partial charge in [0.25, 0.3) is 0 Å². The van der Waals surface area contributed by atoms with E-state index in [9.17, 15) is 0 Å². The molecule has 0 amide bonds. The van der Waals surface area contributed by atoms with Crippen molar-refractivity contribution in [2.24, 2.45) is 0 Å². The Kier molecular flexibility index (Phi) is 4.23. The summed E-state index contributed by atoms with van der Waals surface area (Å²) in [5.74, 6) is 1.41. The molecular weight excluding hydrogens is 218 g/mol. The normalized spacial score (nSPS) is 19.3. The molecule has 1 aliphatic rings. The van der Waals surface area contributed by atoms with Crippen LogP contribution in [0.5, 0.6) is 11.5 Å². The molecule has 1 aliphatic heterocycles. The van der Waals surface area contributed by atoms with Crippen LogP contribution in [0.25, 0.3) is 0 Å². The average molecular weight is 237 g/mol. The second-order valence-electron chi connectivity index (χ2n) is 4.25. The fourth-order valence-electron chi connectivity index (χ4n) is 2.02. The fraction of sp³-hybridized carbons (Fsp3) is 0.538. The van der Waals surface area contributed by atoms with Crippen LogP contribution in [0.2, 0.25) is 0 Å². The molecule has 0 aromatic heterocycles. The molecule has 0 bridgehead atoms. The number of aliphatic hydroxyl groups excluding tert-OH is 1. The van der Waals surface area contributed by atoms with E-state index in [1.807, 2.05) is 12.1 Å². The van der Waals surface area contributed by atoms with Crippen molar-refractivity contribution in [1.82, 2.24) is 5.32 Å². The summed E-state index contributed by atoms with van der Waals surface area (Å²) >= 11 is 0. The fourth-order valence-corrected chi connectivity index (χ4v) is 2.02. The van der Waals surface area contributed by atoms with E-state index in [1.54, 1.807) is 13.2 Å². The zero-order valence-electron chi connectivity index (χ0n) is 10.1. The number of methoxy groups -OCH3 is 1. The number of rotatable bonds is 5. The molecule has 4 nitrogen and oxygen atoms in total. The van der Waals surface area contributed by atoms with Crippen LogP contribution in [0.1, 0.15) is 18.4 Å². The molecule has 1 atom stereocenters. The Balaban J connectivity index is 1.98. The molecule has 1 aromatic rings. The van der Waals surface area contributed by atoms with Crippen molar-refractivity contribution >= 4 is 0 Å². The standard InChI is InChI=1S/C13H19NO3/c1-16-13-7-10(8-15)4-5-12(13)17-9-11-3-2-6-14-11/h4-5,7,11,14-15H,2-3,6,8-9H2,1H3. The highest BCUT2D eigenvalue weighted by atomic mass is 16.5. The van der Waals surface area contributed by atoms with Gasteiger partial charge in [-0.05, 0) is 37.1 Å². The van der Waals surface area contributed by atoms with Crippen molar-refractivity contribution in [3.63, 3.8) is 0 Å². The number of aliphatic hydroxyl groups is 1. The monoisotopic (exact) mass is 237 g/mol. The summed E-state index contributed by atoms with van der Waals surface area (Å²) in [5, 5.41) is 12.4. The van der Waals surface area contributed by atoms with E-state index in [-0.39, 0.29) is 6.61 Å². The Bertz CT molecular complexity index is 362. The average Bonchev–Trinajstić information content (AvgIpc) is 2.89. The van der Waals surface area contributed by atoms with E-state index in [0.717, 1.165) is 24.3 Å². The lowest BCUT2D eigenvalue weighted by Crippen LogP contribution is -2.28. The number of benzene rings is 1. The summed E-state index contributed by atoms with van der Waals surface area (Å²) < 4.78 is 11.0. The van der Waals surface area contributed by atoms with E-state index in [0.29, 0.717) is 18.4 Å². The van der Waals surface area contributed by atoms with Crippen LogP contribution in [0.15, 0.2) is 18.2 Å². The summed E-state index contributed by atoms with van der Waals surface area (Å²) in [4.78, 5) is 0. The molecule has 17 heavy (non-hydrogen) atoms. The first-order valence-corrected chi connectivity index (χ1v) is 5.97. The van der Waals surface area contributed by atoms with Gasteiger partial charge in [-0.25, -0.2) is 0 Å². The summed E-state index contributed by atoms with van der Waals surface area (Å²) in [5.41, 5.74) is 0.827. The first-order chi connectivity index (χ1) is 8.33. The van der Waals surface area contributed by atoms with Gasteiger partial charge in [0.15, 0.2) is 11.5 Å². The van der Waals surface area contributed by atoms with Crippen molar-refractivity contribution in [3.05, 3.63) is 23.8 Å². The Labute approximate surface area is 102 Å². The second-order valence-corrected chi connectivity index (χ2v) is 4.25. The number of hydrogen-bond acceptors (Lipinski definition) is 4. The smallest absolute Gasteiger partial charge is 0.161 e. The minimum absolute atomic E-state index is 0.0147. The van der Waals surface area contributed by atoms with Gasteiger partial charge in [0.2, 0.25) is 0 Å². The predicted octanol–water partition coefficient (Wildman–Crippen LogP) is 1.32. The summed E-state index contributed by atoms with van der Waals surface area (Å²) in [6, 6.07) is 5.94. The van der Waals surface area contributed by atoms with E-state index in [2.05, 4.69) is 5.32 Å². The lowest BCUT2D eigenvalue weighted by atomic mass is 10.2. The Morgan fingerprint density at radius 3 is 2.94 bits per heavy atom. The van der Waals surface area contributed by atoms with Gasteiger partial charge < -0.3 is 19.9 Å². The molecule has 94 valence electrons. The van der Waals surface area contributed by atoms with Crippen LogP contribution in [0.4, 0.5) is 0 Å². The zero-order chi connectivity index (χ0) is 12.1. The molecule has 2 N–H and O–H groups in total. The number of ether oxygens (including phenoxy) is 2. The highest BCUT2D eigenvalue weighted by Crippen LogP contribution is 2.28. The molecule has 2 rings (SSSR count). The quantitative estimate of drug-likeness (QED) is 0.811. The Morgan fingerprint density at radius 2 is 2.29 bits per heavy atom. The van der Waals surface area contributed by atoms with Crippen LogP contribution in [0.3, 0.4) is 0 Å². The molecule has 1 unspecified atom stereocenters. The maximum absolute atomic E-state index is 9.04. The third kappa shape index (κ3) is 3.11. The first kappa shape index (κ1) is 12.2. The van der Waals surface area contributed by atoms with E-state index in [4.69, 9.17) is 14.6 Å². The third-order valence-electron chi connectivity index (χ3n) is 3.01. The van der Waals surface area contributed by atoms with Crippen LogP contribution in [-0.4, -0.2) is 31.4 Å². The molecule has 1 saturated heterocycles. The molecule has 1 heterocycles. The van der Waals surface area contributed by atoms with Gasteiger partial charge in [-0.3, -0.25) is 0 Å². The van der Waals surface area contributed by atoms with Gasteiger partial charge in [0.1, 0.15) is 6.61 Å². The van der Waals surface area contributed by atoms with E-state index < -0.39 is 0 Å². The predicted molar refractivity (Wildman–Crippen MR) is 65.4 cm³/mol. The lowest BCUT2D eigenvalue weighted by molar-refractivity contribution is 0.260. The molecule has 0 radical (unpaired) electrons. The van der Waals surface area contributed by atoms with E-state index in [1.165, 1.54) is 6.42 Å². The lowest BCUT2D eigenvalue weighted by Gasteiger charge is -2.15. The topological polar surface area (TPSA) is 50.7 Å². The Hall–Kier alpha value is -1.26.